The predicted octanol–water partition coefficient (Wildman–Crippen LogP) is 1.69. The van der Waals surface area contributed by atoms with E-state index in [2.05, 4.69) is 17.6 Å². The van der Waals surface area contributed by atoms with Crippen LogP contribution in [0.1, 0.15) is 0 Å². The lowest BCUT2D eigenvalue weighted by molar-refractivity contribution is 1.36. The van der Waals surface area contributed by atoms with E-state index >= 15 is 0 Å². The van der Waals surface area contributed by atoms with Crippen molar-refractivity contribution in [2.24, 2.45) is 0 Å². The highest BCUT2D eigenvalue weighted by Crippen LogP contribution is 2.29. The highest BCUT2D eigenvalue weighted by atomic mass is 32.1. The number of aromatic nitrogens is 1. The smallest absolute Gasteiger partial charge is 0.0876 e. The van der Waals surface area contributed by atoms with E-state index < -0.39 is 0 Å². The van der Waals surface area contributed by atoms with Gasteiger partial charge < -0.3 is 11.5 Å². The van der Waals surface area contributed by atoms with Crippen molar-refractivity contribution in [2.45, 2.75) is 4.90 Å². The molecule has 0 aliphatic heterocycles. The third-order valence-electron chi connectivity index (χ3n) is 1.94. The van der Waals surface area contributed by atoms with Gasteiger partial charge in [0.2, 0.25) is 0 Å². The van der Waals surface area contributed by atoms with Crippen molar-refractivity contribution in [2.75, 3.05) is 11.5 Å². The zero-order valence-corrected chi connectivity index (χ0v) is 7.75. The monoisotopic (exact) mass is 191 g/mol. The SMILES string of the molecule is Nc1ccnc2c(S)ccc(N)c12. The topological polar surface area (TPSA) is 64.9 Å². The molecule has 0 radical (unpaired) electrons. The maximum absolute atomic E-state index is 5.77. The molecule has 2 aromatic rings. The number of benzene rings is 1. The minimum absolute atomic E-state index is 0.637. The molecule has 0 aliphatic carbocycles. The van der Waals surface area contributed by atoms with Crippen LogP contribution in [0.5, 0.6) is 0 Å². The van der Waals surface area contributed by atoms with Crippen LogP contribution in [0, 0.1) is 0 Å². The first-order valence-electron chi connectivity index (χ1n) is 3.82. The van der Waals surface area contributed by atoms with Gasteiger partial charge in [0.25, 0.3) is 0 Å². The quantitative estimate of drug-likeness (QED) is 0.438. The standard InChI is InChI=1S/C9H9N3S/c10-5-1-2-7(13)9-8(5)6(11)3-4-12-9/h1-4,13H,10H2,(H2,11,12). The van der Waals surface area contributed by atoms with E-state index in [0.29, 0.717) is 11.4 Å². The number of thiol groups is 1. The molecule has 1 aromatic heterocycles. The Kier molecular flexibility index (Phi) is 1.77. The fraction of sp³-hybridized carbons (Fsp3) is 0. The number of fused-ring (bicyclic) bond motifs is 1. The van der Waals surface area contributed by atoms with Gasteiger partial charge in [0, 0.05) is 27.9 Å². The van der Waals surface area contributed by atoms with E-state index in [1.807, 2.05) is 6.07 Å². The maximum atomic E-state index is 5.77. The maximum Gasteiger partial charge on any atom is 0.0876 e. The Labute approximate surface area is 81.2 Å². The number of rotatable bonds is 0. The summed E-state index contributed by atoms with van der Waals surface area (Å²) in [6.45, 7) is 0. The molecule has 0 fully saturated rings. The lowest BCUT2D eigenvalue weighted by Crippen LogP contribution is -1.94. The molecular formula is C9H9N3S. The van der Waals surface area contributed by atoms with E-state index in [1.54, 1.807) is 18.3 Å². The Morgan fingerprint density at radius 3 is 2.46 bits per heavy atom. The van der Waals surface area contributed by atoms with E-state index in [4.69, 9.17) is 11.5 Å². The van der Waals surface area contributed by atoms with Crippen LogP contribution in [0.2, 0.25) is 0 Å². The number of pyridine rings is 1. The lowest BCUT2D eigenvalue weighted by Gasteiger charge is -2.05. The number of nitrogens with two attached hydrogens (primary N) is 2. The molecule has 0 saturated heterocycles. The second-order valence-corrected chi connectivity index (χ2v) is 3.28. The van der Waals surface area contributed by atoms with Crippen molar-refractivity contribution < 1.29 is 0 Å². The van der Waals surface area contributed by atoms with Gasteiger partial charge in [-0.15, -0.1) is 12.6 Å². The number of nitrogen functional groups attached to an aromatic ring is 2. The van der Waals surface area contributed by atoms with Gasteiger partial charge in [-0.1, -0.05) is 0 Å². The molecule has 0 bridgehead atoms. The van der Waals surface area contributed by atoms with Gasteiger partial charge in [0.05, 0.1) is 5.52 Å². The molecule has 3 nitrogen and oxygen atoms in total. The van der Waals surface area contributed by atoms with Gasteiger partial charge >= 0.3 is 0 Å². The summed E-state index contributed by atoms with van der Waals surface area (Å²) in [5.74, 6) is 0. The van der Waals surface area contributed by atoms with Crippen molar-refractivity contribution >= 4 is 34.9 Å². The Balaban J connectivity index is 3.00. The Morgan fingerprint density at radius 2 is 1.77 bits per heavy atom. The molecule has 0 spiro atoms. The molecule has 66 valence electrons. The van der Waals surface area contributed by atoms with Crippen molar-refractivity contribution in [3.05, 3.63) is 24.4 Å². The highest BCUT2D eigenvalue weighted by Gasteiger charge is 2.04. The summed E-state index contributed by atoms with van der Waals surface area (Å²) in [6.07, 6.45) is 1.65. The van der Waals surface area contributed by atoms with Crippen LogP contribution in [0.25, 0.3) is 10.9 Å². The largest absolute Gasteiger partial charge is 0.398 e. The van der Waals surface area contributed by atoms with Gasteiger partial charge in [0.15, 0.2) is 0 Å². The zero-order chi connectivity index (χ0) is 9.42. The Bertz CT molecular complexity index is 459. The third kappa shape index (κ3) is 1.19. The summed E-state index contributed by atoms with van der Waals surface area (Å²) in [4.78, 5) is 4.95. The molecule has 0 amide bonds. The van der Waals surface area contributed by atoms with Crippen LogP contribution in [0.15, 0.2) is 29.3 Å². The average Bonchev–Trinajstić information content (AvgIpc) is 2.12. The number of hydrogen-bond donors (Lipinski definition) is 3. The molecule has 0 unspecified atom stereocenters. The van der Waals surface area contributed by atoms with Crippen LogP contribution in [0.3, 0.4) is 0 Å². The first-order chi connectivity index (χ1) is 6.20. The fourth-order valence-corrected chi connectivity index (χ4v) is 1.55. The number of nitrogens with zero attached hydrogens (tertiary/aromatic N) is 1. The first-order valence-corrected chi connectivity index (χ1v) is 4.26. The summed E-state index contributed by atoms with van der Waals surface area (Å²) < 4.78 is 0. The molecule has 1 aromatic carbocycles. The average molecular weight is 191 g/mol. The molecule has 1 heterocycles. The lowest BCUT2D eigenvalue weighted by atomic mass is 10.1. The van der Waals surface area contributed by atoms with Gasteiger partial charge in [-0.05, 0) is 18.2 Å². The van der Waals surface area contributed by atoms with Crippen molar-refractivity contribution in [1.82, 2.24) is 4.98 Å². The first kappa shape index (κ1) is 8.19. The summed E-state index contributed by atoms with van der Waals surface area (Å²) in [7, 11) is 0. The summed E-state index contributed by atoms with van der Waals surface area (Å²) in [5, 5.41) is 0.787. The van der Waals surface area contributed by atoms with Gasteiger partial charge in [-0.25, -0.2) is 0 Å². The summed E-state index contributed by atoms with van der Waals surface area (Å²) >= 11 is 4.27. The second-order valence-electron chi connectivity index (χ2n) is 2.80. The minimum atomic E-state index is 0.637. The number of anilines is 2. The Morgan fingerprint density at radius 1 is 1.08 bits per heavy atom. The molecule has 13 heavy (non-hydrogen) atoms. The van der Waals surface area contributed by atoms with Crippen LogP contribution in [-0.2, 0) is 0 Å². The normalized spacial score (nSPS) is 10.5. The van der Waals surface area contributed by atoms with Crippen LogP contribution in [-0.4, -0.2) is 4.98 Å². The molecule has 2 rings (SSSR count). The zero-order valence-electron chi connectivity index (χ0n) is 6.86. The van der Waals surface area contributed by atoms with E-state index in [9.17, 15) is 0 Å². The van der Waals surface area contributed by atoms with E-state index in [-0.39, 0.29) is 0 Å². The van der Waals surface area contributed by atoms with E-state index in [0.717, 1.165) is 15.8 Å². The van der Waals surface area contributed by atoms with Crippen LogP contribution in [0.4, 0.5) is 11.4 Å². The predicted molar refractivity (Wildman–Crippen MR) is 57.8 cm³/mol. The molecule has 0 saturated carbocycles. The van der Waals surface area contributed by atoms with Crippen molar-refractivity contribution in [3.63, 3.8) is 0 Å². The van der Waals surface area contributed by atoms with Gasteiger partial charge in [-0.3, -0.25) is 4.98 Å². The third-order valence-corrected chi connectivity index (χ3v) is 2.30. The van der Waals surface area contributed by atoms with Crippen molar-refractivity contribution in [3.8, 4) is 0 Å². The van der Waals surface area contributed by atoms with Crippen LogP contribution < -0.4 is 11.5 Å². The molecular weight excluding hydrogens is 182 g/mol. The van der Waals surface area contributed by atoms with Crippen LogP contribution >= 0.6 is 12.6 Å². The molecule has 0 aliphatic rings. The summed E-state index contributed by atoms with van der Waals surface area (Å²) in [6, 6.07) is 5.32. The molecule has 4 heteroatoms. The highest BCUT2D eigenvalue weighted by molar-refractivity contribution is 7.80. The Hall–Kier alpha value is -1.42. The van der Waals surface area contributed by atoms with Crippen molar-refractivity contribution in [1.29, 1.82) is 0 Å². The van der Waals surface area contributed by atoms with E-state index in [1.165, 1.54) is 0 Å². The molecule has 4 N–H and O–H groups in total. The summed E-state index contributed by atoms with van der Waals surface area (Å²) in [5.41, 5.74) is 13.6. The number of hydrogen-bond acceptors (Lipinski definition) is 4. The van der Waals surface area contributed by atoms with Gasteiger partial charge in [0.1, 0.15) is 0 Å². The fourth-order valence-electron chi connectivity index (χ4n) is 1.31. The van der Waals surface area contributed by atoms with Gasteiger partial charge in [-0.2, -0.15) is 0 Å². The minimum Gasteiger partial charge on any atom is -0.398 e. The second kappa shape index (κ2) is 2.81. The molecule has 0 atom stereocenters.